The molecule has 4 aromatic carbocycles. The van der Waals surface area contributed by atoms with Crippen molar-refractivity contribution in [1.82, 2.24) is 31.9 Å². The van der Waals surface area contributed by atoms with Gasteiger partial charge in [0.25, 0.3) is 0 Å². The minimum absolute atomic E-state index is 0.0201. The van der Waals surface area contributed by atoms with Crippen LogP contribution in [0.2, 0.25) is 10.0 Å². The molecule has 16 atom stereocenters. The number of allylic oxidation sites excluding steroid dienone is 1. The molecule has 5 aliphatic rings. The van der Waals surface area contributed by atoms with E-state index in [1.165, 1.54) is 37.4 Å². The van der Waals surface area contributed by atoms with Crippen molar-refractivity contribution in [3.05, 3.63) is 128 Å². The van der Waals surface area contributed by atoms with E-state index in [0.717, 1.165) is 43.3 Å². The number of phenolic OH excluding ortho intramolecular Hbond substituents is 1. The van der Waals surface area contributed by atoms with Crippen molar-refractivity contribution >= 4 is 70.5 Å². The molecule has 7 amide bonds. The Bertz CT molecular complexity index is 3760. The lowest BCUT2D eigenvalue weighted by Crippen LogP contribution is -2.67. The van der Waals surface area contributed by atoms with E-state index in [-0.39, 0.29) is 92.7 Å². The molecule has 0 aromatic heterocycles. The summed E-state index contributed by atoms with van der Waals surface area (Å²) in [6.07, 6.45) is -8.59. The highest BCUT2D eigenvalue weighted by Crippen LogP contribution is 2.49. The minimum atomic E-state index is -2.19. The molecule has 530 valence electrons. The molecule has 4 heterocycles. The van der Waals surface area contributed by atoms with E-state index in [1.54, 1.807) is 32.9 Å². The summed E-state index contributed by atoms with van der Waals surface area (Å²) >= 11 is 13.9. The van der Waals surface area contributed by atoms with Gasteiger partial charge in [-0.2, -0.15) is 0 Å². The number of nitrogens with two attached hydrogens (primary N) is 3. The number of hydrogen-bond acceptors (Lipinski definition) is 22. The molecule has 2 fully saturated rings. The first-order valence-electron chi connectivity index (χ1n) is 31.2. The topological polar surface area (TPSA) is 484 Å². The molecule has 4 aliphatic heterocycles. The molecule has 4 bridgehead atoms. The second-order valence-electron chi connectivity index (χ2n) is 25.1. The van der Waals surface area contributed by atoms with Gasteiger partial charge in [-0.15, -0.1) is 0 Å². The molecule has 32 heteroatoms. The molecule has 19 N–H and O–H groups in total. The van der Waals surface area contributed by atoms with E-state index < -0.39 is 174 Å². The number of hydrogen-bond donors (Lipinski definition) is 16. The van der Waals surface area contributed by atoms with E-state index in [1.807, 2.05) is 13.8 Å². The largest absolute Gasteiger partial charge is 0.508 e. The number of benzene rings is 4. The Balaban J connectivity index is 1.33. The summed E-state index contributed by atoms with van der Waals surface area (Å²) < 4.78 is 38.6. The number of nitrogens with one attached hydrogen (secondary N) is 6. The van der Waals surface area contributed by atoms with Crippen LogP contribution in [-0.4, -0.2) is 176 Å². The first-order valence-corrected chi connectivity index (χ1v) is 32.0. The van der Waals surface area contributed by atoms with Gasteiger partial charge in [0.05, 0.1) is 65.7 Å². The molecule has 0 saturated carbocycles. The number of amides is 7. The van der Waals surface area contributed by atoms with Gasteiger partial charge in [0, 0.05) is 31.2 Å². The van der Waals surface area contributed by atoms with Gasteiger partial charge in [0.2, 0.25) is 53.4 Å². The van der Waals surface area contributed by atoms with E-state index >= 15 is 9.59 Å². The van der Waals surface area contributed by atoms with E-state index in [9.17, 15) is 64.5 Å². The van der Waals surface area contributed by atoms with Gasteiger partial charge in [-0.3, -0.25) is 33.6 Å². The zero-order valence-corrected chi connectivity index (χ0v) is 55.8. The van der Waals surface area contributed by atoms with Crippen molar-refractivity contribution < 1.29 is 103 Å². The van der Waals surface area contributed by atoms with Crippen LogP contribution in [0.5, 0.6) is 34.5 Å². The van der Waals surface area contributed by atoms with Crippen LogP contribution in [0.3, 0.4) is 0 Å². The fourth-order valence-corrected chi connectivity index (χ4v) is 12.4. The average Bonchev–Trinajstić information content (AvgIpc) is 0.783. The Kier molecular flexibility index (Phi) is 24.5. The number of aliphatic carboxylic acids is 1. The summed E-state index contributed by atoms with van der Waals surface area (Å²) in [6.45, 7) is 9.13. The number of carboxylic acid groups (broad SMARTS) is 1. The van der Waals surface area contributed by atoms with Gasteiger partial charge in [-0.1, -0.05) is 55.2 Å². The Morgan fingerprint density at radius 2 is 1.59 bits per heavy atom. The molecule has 0 radical (unpaired) electrons. The molecule has 3 unspecified atom stereocenters. The van der Waals surface area contributed by atoms with Gasteiger partial charge in [0.1, 0.15) is 71.5 Å². The number of aliphatic hydroxyl groups excluding tert-OH is 5. The number of likely N-dealkylation sites (N-methyl/N-ethyl adjacent to an activating group) is 1. The van der Waals surface area contributed by atoms with Gasteiger partial charge in [-0.05, 0) is 129 Å². The molecule has 98 heavy (non-hydrogen) atoms. The fourth-order valence-electron chi connectivity index (χ4n) is 11.9. The summed E-state index contributed by atoms with van der Waals surface area (Å²) in [5.74, 6) is -14.0. The van der Waals surface area contributed by atoms with Crippen LogP contribution in [0.25, 0.3) is 0 Å². The number of carboxylic acids is 1. The Labute approximate surface area is 572 Å². The second-order valence-corrected chi connectivity index (χ2v) is 26.0. The van der Waals surface area contributed by atoms with Crippen molar-refractivity contribution in [2.75, 3.05) is 20.3 Å². The second kappa shape index (κ2) is 31.9. The number of fused-ring (bicyclic) bond motifs is 9. The van der Waals surface area contributed by atoms with Crippen molar-refractivity contribution in [2.45, 2.75) is 164 Å². The number of aromatic hydroxyl groups is 1. The molecular formula is C66H81Cl2N9O21. The summed E-state index contributed by atoms with van der Waals surface area (Å²) in [5.41, 5.74) is 16.5. The van der Waals surface area contributed by atoms with Crippen LogP contribution in [0.4, 0.5) is 0 Å². The van der Waals surface area contributed by atoms with Crippen LogP contribution in [0.1, 0.15) is 112 Å². The Morgan fingerprint density at radius 3 is 2.22 bits per heavy atom. The van der Waals surface area contributed by atoms with Crippen molar-refractivity contribution in [1.29, 1.82) is 0 Å². The van der Waals surface area contributed by atoms with E-state index in [4.69, 9.17) is 68.8 Å². The fraction of sp³-hybridized carbons (Fsp3) is 0.455. The number of ether oxygens (including phenoxy) is 6. The maximum atomic E-state index is 15.7. The number of halogens is 2. The maximum absolute atomic E-state index is 15.7. The monoisotopic (exact) mass is 1410 g/mol. The minimum Gasteiger partial charge on any atom is -0.508 e. The van der Waals surface area contributed by atoms with Crippen LogP contribution in [-0.2, 0) is 52.6 Å². The zero-order valence-electron chi connectivity index (χ0n) is 54.3. The quantitative estimate of drug-likeness (QED) is 0.0536. The Hall–Kier alpha value is -8.66. The van der Waals surface area contributed by atoms with Crippen LogP contribution >= 0.6 is 23.2 Å². The number of aliphatic hydroxyl groups is 5. The number of rotatable bonds is 22. The zero-order chi connectivity index (χ0) is 71.9. The van der Waals surface area contributed by atoms with Crippen molar-refractivity contribution in [2.24, 2.45) is 23.1 Å². The van der Waals surface area contributed by atoms with E-state index in [0.29, 0.717) is 5.56 Å². The van der Waals surface area contributed by atoms with Gasteiger partial charge in [-0.25, -0.2) is 4.79 Å². The standard InChI is InChI=1S/C66H81Cl2N9O21/c1-27(2)14-41(72-7)61(87)77-56-57(84)32-10-13-46(40(68)17-32)97-48-19-33(18-47(96-45-12-8-28(3)15-39(45)67)58(48)98-51-23-35(22-36(25-78)95-51)94-49-26-93-29(4)59(85)66(49,6)71)54(76-62(88)42(24-50(69)83)74-64(56)90)63(89)75-53(60(70)86)31-9-11-43(81)37(16-31)52-38(20-34(80)21-44(52)82)55(65(91)92)73-30(5)79/h8-13,15-21,27,29,35-36,41-42,44,49,51-57,59,72,78,80-82,84-85H,14,22-26,71H2,1-7H3,(H2,69,83)(H2,70,86)(H,73,79)(H,74,90)(H,75,89)(H,76,88)(H,77,87)(H,91,92)/t29-,35-,36-,41+,42-,44?,49?,51-,52?,53+,54+,55-,56+,57+,59+,66-/m0/s1. The summed E-state index contributed by atoms with van der Waals surface area (Å²) in [5, 5.41) is 92.5. The molecule has 9 rings (SSSR count). The van der Waals surface area contributed by atoms with Crippen LogP contribution in [0.15, 0.2) is 90.2 Å². The predicted molar refractivity (Wildman–Crippen MR) is 349 cm³/mol. The molecule has 2 saturated heterocycles. The van der Waals surface area contributed by atoms with Crippen LogP contribution < -0.4 is 63.3 Å². The number of carbonyl (C=O) groups is 8. The number of carbonyl (C=O) groups excluding carboxylic acids is 7. The molecular weight excluding hydrogens is 1330 g/mol. The first-order chi connectivity index (χ1) is 46.2. The third-order valence-electron chi connectivity index (χ3n) is 17.1. The lowest BCUT2D eigenvalue weighted by atomic mass is 9.78. The number of aryl methyl sites for hydroxylation is 1. The van der Waals surface area contributed by atoms with Gasteiger partial charge >= 0.3 is 5.97 Å². The number of phenols is 1. The lowest BCUT2D eigenvalue weighted by Gasteiger charge is -2.47. The number of primary amides is 2. The molecule has 4 aromatic rings. The summed E-state index contributed by atoms with van der Waals surface area (Å²) in [7, 11) is 1.50. The maximum Gasteiger partial charge on any atom is 0.330 e. The van der Waals surface area contributed by atoms with Gasteiger partial charge < -0.3 is 113 Å². The summed E-state index contributed by atoms with van der Waals surface area (Å²) in [4.78, 5) is 112. The van der Waals surface area contributed by atoms with E-state index in [2.05, 4.69) is 31.9 Å². The normalized spacial score (nSPS) is 26.7. The highest BCUT2D eigenvalue weighted by molar-refractivity contribution is 6.32. The SMILES string of the molecule is CN[C@H](CC(C)C)C(=O)N[C@H]1C(=O)N[C@@H](CC(N)=O)C(=O)N[C@@H](C(=O)N[C@@H](C(N)=O)c2ccc(O)c(C3C([C@H](NC(C)=O)C(=O)O)=CC(O)=CC3O)c2)c2cc(Oc3ccc(C)cc3Cl)c(O[C@H]3C[C@@H](OC4CO[C@@H](C)[C@@H](O)[C@@]4(C)N)C[C@@H](CO)O3)c(c2)Oc2ccc(cc2Cl)[C@H]1O. The van der Waals surface area contributed by atoms with Gasteiger partial charge in [0.15, 0.2) is 11.5 Å². The van der Waals surface area contributed by atoms with Crippen LogP contribution in [0, 0.1) is 12.8 Å². The van der Waals surface area contributed by atoms with Crippen molar-refractivity contribution in [3.63, 3.8) is 0 Å². The average molecular weight is 1410 g/mol. The molecule has 30 nitrogen and oxygen atoms in total. The highest BCUT2D eigenvalue weighted by atomic mass is 35.5. The first kappa shape index (κ1) is 75.1. The van der Waals surface area contributed by atoms with Crippen molar-refractivity contribution in [3.8, 4) is 34.5 Å². The molecule has 0 spiro atoms. The summed E-state index contributed by atoms with van der Waals surface area (Å²) in [6, 6.07) is 2.92. The highest BCUT2D eigenvalue weighted by Gasteiger charge is 2.48. The smallest absolute Gasteiger partial charge is 0.330 e. The Morgan fingerprint density at radius 1 is 0.867 bits per heavy atom. The third-order valence-corrected chi connectivity index (χ3v) is 17.6. The molecule has 1 aliphatic carbocycles. The lowest BCUT2D eigenvalue weighted by molar-refractivity contribution is -0.232. The third kappa shape index (κ3) is 17.8. The predicted octanol–water partition coefficient (Wildman–Crippen LogP) is 2.16.